The predicted octanol–water partition coefficient (Wildman–Crippen LogP) is 3.79. The van der Waals surface area contributed by atoms with Crippen LogP contribution in [0, 0.1) is 0 Å². The van der Waals surface area contributed by atoms with Gasteiger partial charge in [0, 0.05) is 23.8 Å². The fourth-order valence-electron chi connectivity index (χ4n) is 2.18. The molecule has 0 radical (unpaired) electrons. The molecule has 0 aliphatic carbocycles. The highest BCUT2D eigenvalue weighted by atomic mass is 32.1. The van der Waals surface area contributed by atoms with Crippen LogP contribution in [-0.4, -0.2) is 20.9 Å². The minimum absolute atomic E-state index is 0.208. The third kappa shape index (κ3) is 3.00. The number of fused-ring (bicyclic) bond motifs is 1. The zero-order valence-electron chi connectivity index (χ0n) is 12.2. The first-order valence-corrected chi connectivity index (χ1v) is 8.03. The summed E-state index contributed by atoms with van der Waals surface area (Å²) >= 11 is 1.74. The minimum Gasteiger partial charge on any atom is -0.369 e. The number of nitrogens with one attached hydrogen (secondary N) is 2. The van der Waals surface area contributed by atoms with Crippen LogP contribution in [0.1, 0.15) is 31.2 Å². The van der Waals surface area contributed by atoms with Crippen molar-refractivity contribution in [1.29, 1.82) is 0 Å². The predicted molar refractivity (Wildman–Crippen MR) is 88.1 cm³/mol. The maximum Gasteiger partial charge on any atom is 0.180 e. The second-order valence-electron chi connectivity index (χ2n) is 4.94. The van der Waals surface area contributed by atoms with Crippen molar-refractivity contribution in [2.75, 3.05) is 17.2 Å². The number of thiophene rings is 1. The monoisotopic (exact) mass is 301 g/mol. The molecule has 110 valence electrons. The summed E-state index contributed by atoms with van der Waals surface area (Å²) in [5.41, 5.74) is 0.848. The van der Waals surface area contributed by atoms with Crippen molar-refractivity contribution in [3.63, 3.8) is 0 Å². The van der Waals surface area contributed by atoms with Gasteiger partial charge in [0.25, 0.3) is 0 Å². The molecule has 0 saturated heterocycles. The van der Waals surface area contributed by atoms with Gasteiger partial charge >= 0.3 is 0 Å². The van der Waals surface area contributed by atoms with Crippen molar-refractivity contribution in [3.8, 4) is 0 Å². The Morgan fingerprint density at radius 1 is 1.43 bits per heavy atom. The maximum atomic E-state index is 4.66. The zero-order valence-corrected chi connectivity index (χ0v) is 13.0. The van der Waals surface area contributed by atoms with Gasteiger partial charge in [-0.05, 0) is 24.8 Å². The lowest BCUT2D eigenvalue weighted by Gasteiger charge is -2.15. The summed E-state index contributed by atoms with van der Waals surface area (Å²) in [6, 6.07) is 4.40. The Morgan fingerprint density at radius 2 is 2.33 bits per heavy atom. The van der Waals surface area contributed by atoms with E-state index in [1.807, 2.05) is 16.8 Å². The van der Waals surface area contributed by atoms with E-state index >= 15 is 0 Å². The molecular formula is C15H19N5S. The highest BCUT2D eigenvalue weighted by Crippen LogP contribution is 2.25. The van der Waals surface area contributed by atoms with Gasteiger partial charge in [-0.15, -0.1) is 11.3 Å². The smallest absolute Gasteiger partial charge is 0.180 e. The van der Waals surface area contributed by atoms with Crippen LogP contribution in [-0.2, 0) is 0 Å². The molecule has 5 nitrogen and oxygen atoms in total. The topological polar surface area (TPSA) is 54.2 Å². The van der Waals surface area contributed by atoms with Crippen LogP contribution >= 0.6 is 11.3 Å². The van der Waals surface area contributed by atoms with E-state index in [1.165, 1.54) is 4.88 Å². The average molecular weight is 301 g/mol. The van der Waals surface area contributed by atoms with Gasteiger partial charge in [-0.1, -0.05) is 13.0 Å². The summed E-state index contributed by atoms with van der Waals surface area (Å²) in [5, 5.41) is 8.88. The maximum absolute atomic E-state index is 4.66. The Kier molecular flexibility index (Phi) is 4.06. The average Bonchev–Trinajstić information content (AvgIpc) is 3.15. The van der Waals surface area contributed by atoms with Gasteiger partial charge in [0.15, 0.2) is 11.5 Å². The molecule has 3 heterocycles. The molecule has 1 unspecified atom stereocenters. The number of hydrogen-bond donors (Lipinski definition) is 2. The Labute approximate surface area is 128 Å². The van der Waals surface area contributed by atoms with Crippen molar-refractivity contribution in [2.45, 2.75) is 26.3 Å². The molecule has 3 rings (SSSR count). The van der Waals surface area contributed by atoms with Crippen molar-refractivity contribution >= 4 is 28.6 Å². The number of nitrogens with zero attached hydrogens (tertiary/aromatic N) is 3. The molecule has 2 N–H and O–H groups in total. The lowest BCUT2D eigenvalue weighted by Crippen LogP contribution is -2.11. The van der Waals surface area contributed by atoms with Crippen LogP contribution in [0.2, 0.25) is 0 Å². The first-order valence-electron chi connectivity index (χ1n) is 7.15. The van der Waals surface area contributed by atoms with Gasteiger partial charge in [0.1, 0.15) is 5.82 Å². The molecule has 0 fully saturated rings. The summed E-state index contributed by atoms with van der Waals surface area (Å²) < 4.78 is 1.99. The number of anilines is 2. The second-order valence-corrected chi connectivity index (χ2v) is 5.92. The lowest BCUT2D eigenvalue weighted by atomic mass is 10.3. The Hall–Kier alpha value is -2.08. The fraction of sp³-hybridized carbons (Fsp3) is 0.333. The summed E-state index contributed by atoms with van der Waals surface area (Å²) in [4.78, 5) is 10.3. The Bertz CT molecular complexity index is 704. The minimum atomic E-state index is 0.208. The zero-order chi connectivity index (χ0) is 14.7. The van der Waals surface area contributed by atoms with E-state index < -0.39 is 0 Å². The first-order chi connectivity index (χ1) is 10.3. The standard InChI is InChI=1S/C15H19N5S/c1-3-6-16-13-10-20-8-7-17-15(20)14(19-13)18-11(2)12-5-4-9-21-12/h4-5,7-11,16H,3,6H2,1-2H3,(H,18,19). The van der Waals surface area contributed by atoms with Crippen LogP contribution in [0.25, 0.3) is 5.65 Å². The molecule has 6 heteroatoms. The molecule has 0 amide bonds. The van der Waals surface area contributed by atoms with Gasteiger partial charge in [0.05, 0.1) is 12.2 Å². The van der Waals surface area contributed by atoms with Gasteiger partial charge < -0.3 is 15.0 Å². The highest BCUT2D eigenvalue weighted by molar-refractivity contribution is 7.10. The van der Waals surface area contributed by atoms with E-state index in [2.05, 4.69) is 52.0 Å². The van der Waals surface area contributed by atoms with Gasteiger partial charge in [-0.25, -0.2) is 9.97 Å². The van der Waals surface area contributed by atoms with E-state index in [-0.39, 0.29) is 6.04 Å². The van der Waals surface area contributed by atoms with Crippen LogP contribution in [0.3, 0.4) is 0 Å². The summed E-state index contributed by atoms with van der Waals surface area (Å²) in [6.45, 7) is 5.19. The molecular weight excluding hydrogens is 282 g/mol. The fourth-order valence-corrected chi connectivity index (χ4v) is 2.92. The third-order valence-electron chi connectivity index (χ3n) is 3.25. The van der Waals surface area contributed by atoms with Crippen LogP contribution in [0.15, 0.2) is 36.1 Å². The van der Waals surface area contributed by atoms with Crippen molar-refractivity contribution in [1.82, 2.24) is 14.4 Å². The molecule has 0 aliphatic rings. The number of aromatic nitrogens is 3. The van der Waals surface area contributed by atoms with Crippen LogP contribution in [0.5, 0.6) is 0 Å². The van der Waals surface area contributed by atoms with E-state index in [9.17, 15) is 0 Å². The molecule has 0 bridgehead atoms. The summed E-state index contributed by atoms with van der Waals surface area (Å²) in [5.74, 6) is 1.67. The largest absolute Gasteiger partial charge is 0.369 e. The van der Waals surface area contributed by atoms with Gasteiger partial charge in [-0.2, -0.15) is 0 Å². The molecule has 21 heavy (non-hydrogen) atoms. The highest BCUT2D eigenvalue weighted by Gasteiger charge is 2.12. The molecule has 0 saturated carbocycles. The molecule has 0 aromatic carbocycles. The molecule has 3 aromatic rings. The van der Waals surface area contributed by atoms with Crippen molar-refractivity contribution in [2.24, 2.45) is 0 Å². The SMILES string of the molecule is CCCNc1cn2ccnc2c(NC(C)c2cccs2)n1. The van der Waals surface area contributed by atoms with E-state index in [0.717, 1.165) is 30.2 Å². The lowest BCUT2D eigenvalue weighted by molar-refractivity contribution is 0.891. The van der Waals surface area contributed by atoms with Crippen LogP contribution < -0.4 is 10.6 Å². The summed E-state index contributed by atoms with van der Waals surface area (Å²) in [7, 11) is 0. The number of rotatable bonds is 6. The second kappa shape index (κ2) is 6.13. The van der Waals surface area contributed by atoms with Crippen LogP contribution in [0.4, 0.5) is 11.6 Å². The Balaban J connectivity index is 1.90. The van der Waals surface area contributed by atoms with E-state index in [4.69, 9.17) is 0 Å². The quantitative estimate of drug-likeness (QED) is 0.727. The Morgan fingerprint density at radius 3 is 3.10 bits per heavy atom. The summed E-state index contributed by atoms with van der Waals surface area (Å²) in [6.07, 6.45) is 6.77. The van der Waals surface area contributed by atoms with Crippen molar-refractivity contribution in [3.05, 3.63) is 41.0 Å². The number of hydrogen-bond acceptors (Lipinski definition) is 5. The molecule has 0 aliphatic heterocycles. The van der Waals surface area contributed by atoms with E-state index in [0.29, 0.717) is 0 Å². The molecule has 0 spiro atoms. The molecule has 1 atom stereocenters. The molecule has 3 aromatic heterocycles. The normalized spacial score (nSPS) is 12.5. The number of imidazole rings is 1. The first kappa shape index (κ1) is 13.9. The van der Waals surface area contributed by atoms with Gasteiger partial charge in [-0.3, -0.25) is 0 Å². The van der Waals surface area contributed by atoms with Gasteiger partial charge in [0.2, 0.25) is 0 Å². The third-order valence-corrected chi connectivity index (χ3v) is 4.31. The van der Waals surface area contributed by atoms with E-state index in [1.54, 1.807) is 17.5 Å². The van der Waals surface area contributed by atoms with Crippen molar-refractivity contribution < 1.29 is 0 Å².